The van der Waals surface area contributed by atoms with Crippen LogP contribution in [0.4, 0.5) is 0 Å². The van der Waals surface area contributed by atoms with E-state index in [1.54, 1.807) is 6.07 Å². The number of halogens is 1. The average Bonchev–Trinajstić information content (AvgIpc) is 2.95. The minimum absolute atomic E-state index is 0.00618. The zero-order chi connectivity index (χ0) is 15.0. The second-order valence-corrected chi connectivity index (χ2v) is 7.71. The fourth-order valence-electron chi connectivity index (χ4n) is 3.16. The van der Waals surface area contributed by atoms with Crippen LogP contribution in [0.3, 0.4) is 0 Å². The molecule has 1 saturated heterocycles. The molecule has 1 saturated carbocycles. The molecule has 21 heavy (non-hydrogen) atoms. The van der Waals surface area contributed by atoms with Crippen molar-refractivity contribution in [1.29, 1.82) is 0 Å². The van der Waals surface area contributed by atoms with Gasteiger partial charge in [0, 0.05) is 6.54 Å². The molecule has 1 aliphatic heterocycles. The maximum absolute atomic E-state index is 12.9. The van der Waals surface area contributed by atoms with E-state index in [2.05, 4.69) is 0 Å². The number of nitrogens with zero attached hydrogens (tertiary/aromatic N) is 1. The number of hydrogen-bond donors (Lipinski definition) is 1. The number of sulfonamides is 1. The molecule has 1 aromatic carbocycles. The van der Waals surface area contributed by atoms with E-state index in [9.17, 15) is 13.5 Å². The predicted octanol–water partition coefficient (Wildman–Crippen LogP) is 1.77. The van der Waals surface area contributed by atoms with Crippen molar-refractivity contribution in [1.82, 2.24) is 4.31 Å². The first-order chi connectivity index (χ1) is 10.0. The molecule has 0 aromatic heterocycles. The molecule has 3 rings (SSSR count). The van der Waals surface area contributed by atoms with Crippen LogP contribution in [0.25, 0.3) is 0 Å². The Morgan fingerprint density at radius 1 is 1.38 bits per heavy atom. The fraction of sp³-hybridized carbons (Fsp3) is 0.571. The standard InChI is InChI=1S/C14H18ClNO4S/c15-11-5-4-10(9-17)8-14(11)21(18,19)16-6-7-20-13-3-1-2-12(13)16/h4-5,8,12-13,17H,1-3,6-7,9H2. The number of benzene rings is 1. The lowest BCUT2D eigenvalue weighted by Gasteiger charge is -2.36. The molecule has 2 aliphatic rings. The van der Waals surface area contributed by atoms with E-state index in [0.29, 0.717) is 18.7 Å². The number of rotatable bonds is 3. The van der Waals surface area contributed by atoms with E-state index >= 15 is 0 Å². The van der Waals surface area contributed by atoms with Gasteiger partial charge < -0.3 is 9.84 Å². The molecule has 0 radical (unpaired) electrons. The highest BCUT2D eigenvalue weighted by Crippen LogP contribution is 2.35. The van der Waals surface area contributed by atoms with Crippen LogP contribution in [-0.2, 0) is 21.4 Å². The average molecular weight is 332 g/mol. The van der Waals surface area contributed by atoms with Gasteiger partial charge in [-0.3, -0.25) is 0 Å². The van der Waals surface area contributed by atoms with Gasteiger partial charge in [-0.2, -0.15) is 4.31 Å². The summed E-state index contributed by atoms with van der Waals surface area (Å²) in [6.07, 6.45) is 2.70. The Labute approximate surface area is 129 Å². The molecule has 2 atom stereocenters. The number of hydrogen-bond acceptors (Lipinski definition) is 4. The molecule has 116 valence electrons. The highest BCUT2D eigenvalue weighted by atomic mass is 35.5. The highest BCUT2D eigenvalue weighted by molar-refractivity contribution is 7.89. The first kappa shape index (κ1) is 15.2. The van der Waals surface area contributed by atoms with Gasteiger partial charge >= 0.3 is 0 Å². The van der Waals surface area contributed by atoms with Crippen molar-refractivity contribution in [3.63, 3.8) is 0 Å². The van der Waals surface area contributed by atoms with E-state index in [1.807, 2.05) is 0 Å². The second kappa shape index (κ2) is 5.85. The zero-order valence-electron chi connectivity index (χ0n) is 11.5. The molecule has 2 fully saturated rings. The second-order valence-electron chi connectivity index (χ2n) is 5.45. The Balaban J connectivity index is 2.00. The summed E-state index contributed by atoms with van der Waals surface area (Å²) < 4.78 is 33.0. The lowest BCUT2D eigenvalue weighted by molar-refractivity contribution is -0.0241. The van der Waals surface area contributed by atoms with E-state index in [4.69, 9.17) is 16.3 Å². The van der Waals surface area contributed by atoms with Gasteiger partial charge in [0.15, 0.2) is 0 Å². The molecule has 0 amide bonds. The summed E-state index contributed by atoms with van der Waals surface area (Å²) in [4.78, 5) is 0.0725. The van der Waals surface area contributed by atoms with E-state index in [-0.39, 0.29) is 28.7 Å². The third-order valence-electron chi connectivity index (χ3n) is 4.20. The van der Waals surface area contributed by atoms with Crippen LogP contribution in [0.1, 0.15) is 24.8 Å². The van der Waals surface area contributed by atoms with Gasteiger partial charge in [-0.05, 0) is 37.0 Å². The molecular weight excluding hydrogens is 314 g/mol. The molecule has 5 nitrogen and oxygen atoms in total. The van der Waals surface area contributed by atoms with Gasteiger partial charge in [0.05, 0.1) is 30.4 Å². The normalized spacial score (nSPS) is 26.8. The van der Waals surface area contributed by atoms with Crippen LogP contribution in [0.15, 0.2) is 23.1 Å². The summed E-state index contributed by atoms with van der Waals surface area (Å²) in [6, 6.07) is 4.50. The number of aliphatic hydroxyl groups is 1. The fourth-order valence-corrected chi connectivity index (χ4v) is 5.35. The molecular formula is C14H18ClNO4S. The van der Waals surface area contributed by atoms with Crippen LogP contribution < -0.4 is 0 Å². The molecule has 7 heteroatoms. The Morgan fingerprint density at radius 3 is 2.95 bits per heavy atom. The van der Waals surface area contributed by atoms with E-state index < -0.39 is 10.0 Å². The van der Waals surface area contributed by atoms with Crippen LogP contribution in [0.5, 0.6) is 0 Å². The lowest BCUT2D eigenvalue weighted by Crippen LogP contribution is -2.51. The quantitative estimate of drug-likeness (QED) is 0.916. The van der Waals surface area contributed by atoms with Gasteiger partial charge in [0.1, 0.15) is 4.90 Å². The van der Waals surface area contributed by atoms with Gasteiger partial charge in [0.25, 0.3) is 0 Å². The monoisotopic (exact) mass is 331 g/mol. The van der Waals surface area contributed by atoms with Crippen LogP contribution >= 0.6 is 11.6 Å². The Hall–Kier alpha value is -0.660. The van der Waals surface area contributed by atoms with Crippen molar-refractivity contribution in [2.75, 3.05) is 13.2 Å². The highest BCUT2D eigenvalue weighted by Gasteiger charge is 2.42. The maximum Gasteiger partial charge on any atom is 0.244 e. The Bertz CT molecular complexity index is 634. The molecule has 0 spiro atoms. The number of fused-ring (bicyclic) bond motifs is 1. The molecule has 2 unspecified atom stereocenters. The zero-order valence-corrected chi connectivity index (χ0v) is 13.1. The summed E-state index contributed by atoms with van der Waals surface area (Å²) in [6.45, 7) is 0.551. The van der Waals surface area contributed by atoms with Crippen LogP contribution in [-0.4, -0.2) is 43.1 Å². The minimum Gasteiger partial charge on any atom is -0.392 e. The summed E-state index contributed by atoms with van der Waals surface area (Å²) in [5.41, 5.74) is 0.536. The number of aliphatic hydroxyl groups excluding tert-OH is 1. The number of ether oxygens (including phenoxy) is 1. The maximum atomic E-state index is 12.9. The molecule has 1 aliphatic carbocycles. The van der Waals surface area contributed by atoms with Gasteiger partial charge in [-0.1, -0.05) is 17.7 Å². The SMILES string of the molecule is O=S(=O)(c1cc(CO)ccc1Cl)N1CCOC2CCCC21. The van der Waals surface area contributed by atoms with E-state index in [1.165, 1.54) is 16.4 Å². The smallest absolute Gasteiger partial charge is 0.244 e. The van der Waals surface area contributed by atoms with Gasteiger partial charge in [0.2, 0.25) is 10.0 Å². The molecule has 0 bridgehead atoms. The Morgan fingerprint density at radius 2 is 2.19 bits per heavy atom. The van der Waals surface area contributed by atoms with Crippen molar-refractivity contribution >= 4 is 21.6 Å². The van der Waals surface area contributed by atoms with Crippen molar-refractivity contribution in [2.45, 2.75) is 42.9 Å². The van der Waals surface area contributed by atoms with Crippen molar-refractivity contribution in [2.24, 2.45) is 0 Å². The first-order valence-corrected chi connectivity index (χ1v) is 8.88. The third kappa shape index (κ3) is 2.71. The summed E-state index contributed by atoms with van der Waals surface area (Å²) in [7, 11) is -3.67. The topological polar surface area (TPSA) is 66.8 Å². The summed E-state index contributed by atoms with van der Waals surface area (Å²) >= 11 is 6.08. The third-order valence-corrected chi connectivity index (χ3v) is 6.60. The summed E-state index contributed by atoms with van der Waals surface area (Å²) in [5, 5.41) is 9.40. The lowest BCUT2D eigenvalue weighted by atomic mass is 10.2. The van der Waals surface area contributed by atoms with E-state index in [0.717, 1.165) is 19.3 Å². The Kier molecular flexibility index (Phi) is 4.25. The van der Waals surface area contributed by atoms with Crippen LogP contribution in [0.2, 0.25) is 5.02 Å². The van der Waals surface area contributed by atoms with Gasteiger partial charge in [-0.25, -0.2) is 8.42 Å². The van der Waals surface area contributed by atoms with Gasteiger partial charge in [-0.15, -0.1) is 0 Å². The largest absolute Gasteiger partial charge is 0.392 e. The molecule has 1 heterocycles. The van der Waals surface area contributed by atoms with Crippen molar-refractivity contribution < 1.29 is 18.3 Å². The predicted molar refractivity (Wildman–Crippen MR) is 78.6 cm³/mol. The number of morpholine rings is 1. The first-order valence-electron chi connectivity index (χ1n) is 7.07. The molecule has 1 N–H and O–H groups in total. The minimum atomic E-state index is -3.67. The van der Waals surface area contributed by atoms with Crippen LogP contribution in [0, 0.1) is 0 Å². The summed E-state index contributed by atoms with van der Waals surface area (Å²) in [5.74, 6) is 0. The van der Waals surface area contributed by atoms with Crippen molar-refractivity contribution in [3.05, 3.63) is 28.8 Å². The molecule has 1 aromatic rings. The van der Waals surface area contributed by atoms with Crippen molar-refractivity contribution in [3.8, 4) is 0 Å².